The van der Waals surface area contributed by atoms with Crippen LogP contribution < -0.4 is 89.6 Å². The molecule has 0 radical (unpaired) electrons. The molecule has 6 aromatic rings. The van der Waals surface area contributed by atoms with Gasteiger partial charge in [-0.2, -0.15) is 0 Å². The van der Waals surface area contributed by atoms with E-state index in [1.165, 1.54) is 12.1 Å². The van der Waals surface area contributed by atoms with Gasteiger partial charge < -0.3 is 37.3 Å². The van der Waals surface area contributed by atoms with E-state index in [2.05, 4.69) is 71.7 Å². The van der Waals surface area contributed by atoms with Crippen molar-refractivity contribution < 1.29 is 125 Å². The topological polar surface area (TPSA) is 287 Å². The molecule has 444 valence electrons. The first-order valence-electron chi connectivity index (χ1n) is 26.9. The van der Waals surface area contributed by atoms with Crippen LogP contribution in [0.15, 0.2) is 175 Å². The van der Waals surface area contributed by atoms with Crippen LogP contribution in [-0.4, -0.2) is 84.3 Å². The summed E-state index contributed by atoms with van der Waals surface area (Å²) in [6.07, 6.45) is 0.604. The fraction of sp³-hybridized carbons (Fsp3) is 0.206. The van der Waals surface area contributed by atoms with Gasteiger partial charge in [0.1, 0.15) is 66.1 Å². The maximum Gasteiger partial charge on any atom is 1.00 e. The smallest absolute Gasteiger partial charge is 0.748 e. The first-order chi connectivity index (χ1) is 40.0. The van der Waals surface area contributed by atoms with Crippen LogP contribution in [0.4, 0.5) is 22.7 Å². The summed E-state index contributed by atoms with van der Waals surface area (Å²) in [6.45, 7) is 19.4. The fourth-order valence-corrected chi connectivity index (χ4v) is 12.3. The van der Waals surface area contributed by atoms with Gasteiger partial charge in [-0.15, -0.1) is 0 Å². The van der Waals surface area contributed by atoms with Gasteiger partial charge in [0.05, 0.1) is 36.9 Å². The molecule has 2 aliphatic heterocycles. The van der Waals surface area contributed by atoms with Gasteiger partial charge in [-0.1, -0.05) is 60.7 Å². The van der Waals surface area contributed by atoms with E-state index < -0.39 is 50.3 Å². The van der Waals surface area contributed by atoms with Crippen molar-refractivity contribution in [2.45, 2.75) is 70.1 Å². The van der Waals surface area contributed by atoms with Crippen molar-refractivity contribution in [1.82, 2.24) is 4.58 Å². The summed E-state index contributed by atoms with van der Waals surface area (Å²) in [6, 6.07) is 44.0. The first kappa shape index (κ1) is 70.0. The number of nitrogens with zero attached hydrogens (tertiary/aromatic N) is 2. The quantitative estimate of drug-likeness (QED) is 0.0725. The molecule has 0 atom stereocenters. The third-order valence-electron chi connectivity index (χ3n) is 14.4. The fourth-order valence-electron chi connectivity index (χ4n) is 10.3. The van der Waals surface area contributed by atoms with E-state index >= 15 is 0 Å². The Bertz CT molecular complexity index is 4720. The van der Waals surface area contributed by atoms with Crippen LogP contribution in [-0.2, 0) is 40.5 Å². The van der Waals surface area contributed by atoms with Crippen LogP contribution in [0.3, 0.4) is 0 Å². The summed E-state index contributed by atoms with van der Waals surface area (Å²) in [5.41, 5.74) is 11.8. The third-order valence-corrected chi connectivity index (χ3v) is 17.0. The molecule has 2 aliphatic carbocycles. The largest absolute Gasteiger partial charge is 1.00 e. The van der Waals surface area contributed by atoms with E-state index in [0.717, 1.165) is 88.0 Å². The molecule has 0 spiro atoms. The van der Waals surface area contributed by atoms with Gasteiger partial charge in [-0.05, 0) is 121 Å². The number of aryl methyl sites for hydroxylation is 4. The van der Waals surface area contributed by atoms with Crippen LogP contribution in [0.5, 0.6) is 0 Å². The molecule has 0 amide bonds. The first-order valence-corrected chi connectivity index (χ1v) is 32.9. The summed E-state index contributed by atoms with van der Waals surface area (Å²) >= 11 is 0. The second-order valence-corrected chi connectivity index (χ2v) is 25.6. The average molecular weight is 1270 g/mol. The number of nitrogens with one attached hydrogen (secondary N) is 2. The van der Waals surface area contributed by atoms with Crippen molar-refractivity contribution in [1.29, 1.82) is 0 Å². The molecular formula is C63H62N4Na2O14S4. The molecule has 10 rings (SSSR count). The molecule has 6 aromatic carbocycles. The van der Waals surface area contributed by atoms with Gasteiger partial charge in [0, 0.05) is 116 Å². The van der Waals surface area contributed by atoms with Crippen LogP contribution >= 0.6 is 0 Å². The van der Waals surface area contributed by atoms with Gasteiger partial charge in [-0.3, -0.25) is 0 Å². The van der Waals surface area contributed by atoms with Crippen molar-refractivity contribution in [3.63, 3.8) is 0 Å². The number of rotatable bonds is 13. The Morgan fingerprint density at radius 1 is 0.506 bits per heavy atom. The van der Waals surface area contributed by atoms with Gasteiger partial charge in [0.25, 0.3) is 0 Å². The Hall–Kier alpha value is -6.06. The predicted octanol–water partition coefficient (Wildman–Crippen LogP) is 3.24. The second-order valence-electron chi connectivity index (χ2n) is 20.1. The number of benzene rings is 8. The van der Waals surface area contributed by atoms with Gasteiger partial charge >= 0.3 is 59.1 Å². The van der Waals surface area contributed by atoms with Crippen LogP contribution in [0, 0.1) is 27.7 Å². The Balaban J connectivity index is 0.000000254. The summed E-state index contributed by atoms with van der Waals surface area (Å²) in [4.78, 5) is 3.79. The zero-order valence-electron chi connectivity index (χ0n) is 50.0. The molecule has 0 bridgehead atoms. The van der Waals surface area contributed by atoms with Gasteiger partial charge in [0.15, 0.2) is 0 Å². The van der Waals surface area contributed by atoms with Crippen LogP contribution in [0.1, 0.15) is 49.9 Å². The molecule has 0 aromatic heterocycles. The SMILES string of the molecule is CCN(CC)c1ccc2c(-c3ccc(S(=O)(=O)[O-])cc3S(=O)(=O)[O-])c3ccc(=[N+](CC)CC)cc-3oc2c1.CS(=O)(=O)[O-].Cc1cccc(C)c1Nc1ccc2c(-c3ccccc3S(=O)(=O)[O-])c3ccc(=[NH+]c4c(C)cccc4C)cc-3oc2c1.[Na+].[Na+]. The molecular weight excluding hydrogens is 1210 g/mol. The van der Waals surface area contributed by atoms with E-state index in [4.69, 9.17) is 21.8 Å². The molecule has 2 N–H and O–H groups in total. The van der Waals surface area contributed by atoms with Crippen molar-refractivity contribution in [3.8, 4) is 44.9 Å². The summed E-state index contributed by atoms with van der Waals surface area (Å²) in [7, 11) is -18.8. The van der Waals surface area contributed by atoms with Crippen molar-refractivity contribution in [2.24, 2.45) is 0 Å². The number of hydrogen-bond donors (Lipinski definition) is 2. The Morgan fingerprint density at radius 3 is 1.54 bits per heavy atom. The molecule has 24 heteroatoms. The van der Waals surface area contributed by atoms with E-state index in [1.807, 2.05) is 100 Å². The van der Waals surface area contributed by atoms with Crippen LogP contribution in [0.2, 0.25) is 0 Å². The average Bonchev–Trinajstić information content (AvgIpc) is 0.817. The maximum absolute atomic E-state index is 12.3. The van der Waals surface area contributed by atoms with Crippen molar-refractivity contribution >= 4 is 85.2 Å². The number of anilines is 3. The number of para-hydroxylation sites is 2. The Labute approximate surface area is 551 Å². The molecule has 0 saturated heterocycles. The summed E-state index contributed by atoms with van der Waals surface area (Å²) < 4.78 is 151. The molecule has 0 fully saturated rings. The summed E-state index contributed by atoms with van der Waals surface area (Å²) in [5.74, 6) is 1.01. The minimum Gasteiger partial charge on any atom is -0.748 e. The van der Waals surface area contributed by atoms with Crippen LogP contribution in [0.25, 0.3) is 66.8 Å². The standard InChI is InChI=1S/C35H30N2O4S.C27H30N2O7S2.CH4O3S.2Na/c1-21-9-7-10-22(2)34(21)36-25-15-17-27-30(19-25)41-31-20-26(37-35-23(3)11-8-12-24(35)4)16-18-28(31)33(27)29-13-5-6-14-32(29)42(38,39)40;1-5-28(6-2)18-9-12-21-24(15-18)36-25-16-19(29(7-3)8-4)10-13-22(25)27(21)23-14-11-20(37(30,31)32)17-26(23)38(33,34)35;1-5(2,3)4;;/h5-20,36H,1-4H3,(H,38,39,40);9-17H,5-8H2,1-4H3,(H-,30,31,32,33,34,35);1H3,(H,2,3,4);;/q;;;2*+1/p-2. The van der Waals surface area contributed by atoms with Crippen molar-refractivity contribution in [3.05, 3.63) is 185 Å². The minimum absolute atomic E-state index is 0. The van der Waals surface area contributed by atoms with E-state index in [1.54, 1.807) is 30.3 Å². The van der Waals surface area contributed by atoms with Gasteiger partial charge in [-0.25, -0.2) is 43.2 Å². The van der Waals surface area contributed by atoms with E-state index in [-0.39, 0.29) is 69.6 Å². The molecule has 2 heterocycles. The van der Waals surface area contributed by atoms with Gasteiger partial charge in [0.2, 0.25) is 16.4 Å². The number of fused-ring (bicyclic) bond motifs is 4. The normalized spacial score (nSPS) is 11.9. The second kappa shape index (κ2) is 28.6. The Kier molecular flexibility index (Phi) is 23.0. The molecule has 0 saturated carbocycles. The molecule has 18 nitrogen and oxygen atoms in total. The zero-order valence-corrected chi connectivity index (χ0v) is 57.3. The number of hydrogen-bond acceptors (Lipinski definition) is 16. The third kappa shape index (κ3) is 16.4. The summed E-state index contributed by atoms with van der Waals surface area (Å²) in [5, 5.41) is 6.47. The van der Waals surface area contributed by atoms with Crippen molar-refractivity contribution in [2.75, 3.05) is 42.7 Å². The Morgan fingerprint density at radius 2 is 1.00 bits per heavy atom. The van der Waals surface area contributed by atoms with E-state index in [9.17, 15) is 38.9 Å². The molecule has 4 aliphatic rings. The van der Waals surface area contributed by atoms with E-state index in [0.29, 0.717) is 73.6 Å². The predicted molar refractivity (Wildman–Crippen MR) is 325 cm³/mol. The zero-order chi connectivity index (χ0) is 61.9. The monoisotopic (exact) mass is 1270 g/mol. The molecule has 87 heavy (non-hydrogen) atoms. The molecule has 0 unspecified atom stereocenters. The maximum atomic E-state index is 12.3. The minimum atomic E-state index is -5.16.